The van der Waals surface area contributed by atoms with Crippen LogP contribution in [0.2, 0.25) is 0 Å². The Morgan fingerprint density at radius 3 is 1.06 bits per heavy atom. The van der Waals surface area contributed by atoms with Crippen LogP contribution in [-0.2, 0) is 4.74 Å². The summed E-state index contributed by atoms with van der Waals surface area (Å²) in [5, 5.41) is 8.76. The van der Waals surface area contributed by atoms with E-state index in [1.54, 1.807) is 0 Å². The molecule has 4 aliphatic rings. The molecule has 0 aromatic carbocycles. The molecule has 1 atom stereocenters. The quantitative estimate of drug-likeness (QED) is 0.533. The molecule has 0 saturated heterocycles. The number of aliphatic hydroxyl groups excluding tert-OH is 1. The SMILES string of the molecule is CC(O)COC(F)(F)C1(F)C2(F)C(F)(F)C3(F)C(F)(F)C(F)(C2(F)F)C(F)(F)C1(F)C3(F)F. The van der Waals surface area contributed by atoms with Gasteiger partial charge in [-0.2, -0.15) is 52.7 Å². The predicted octanol–water partition coefficient (Wildman–Crippen LogP) is 4.74. The highest BCUT2D eigenvalue weighted by Crippen LogP contribution is 2.90. The first-order valence-corrected chi connectivity index (χ1v) is 8.20. The van der Waals surface area contributed by atoms with Crippen molar-refractivity contribution < 1.29 is 84.5 Å². The van der Waals surface area contributed by atoms with Crippen molar-refractivity contribution in [1.82, 2.24) is 0 Å². The van der Waals surface area contributed by atoms with Crippen LogP contribution in [0.4, 0.5) is 74.6 Å². The van der Waals surface area contributed by atoms with Crippen LogP contribution in [0.3, 0.4) is 0 Å². The lowest BCUT2D eigenvalue weighted by Crippen LogP contribution is -3.10. The van der Waals surface area contributed by atoms with Crippen molar-refractivity contribution >= 4 is 0 Å². The molecule has 1 N–H and O–H groups in total. The minimum Gasteiger partial charge on any atom is -0.391 e. The number of hydrogen-bond donors (Lipinski definition) is 1. The maximum atomic E-state index is 15.2. The molecule has 4 aliphatic carbocycles. The summed E-state index contributed by atoms with van der Waals surface area (Å²) in [6.07, 6.45) is -9.73. The van der Waals surface area contributed by atoms with Gasteiger partial charge >= 0.3 is 47.1 Å². The molecule has 0 radical (unpaired) electrons. The summed E-state index contributed by atoms with van der Waals surface area (Å²) in [5.74, 6) is -41.0. The topological polar surface area (TPSA) is 29.5 Å². The Hall–Kier alpha value is -1.27. The van der Waals surface area contributed by atoms with Crippen LogP contribution in [0.1, 0.15) is 6.92 Å². The van der Waals surface area contributed by atoms with Crippen LogP contribution in [0.25, 0.3) is 0 Å². The van der Waals surface area contributed by atoms with Gasteiger partial charge in [0.1, 0.15) is 0 Å². The first-order valence-electron chi connectivity index (χ1n) is 8.20. The summed E-state index contributed by atoms with van der Waals surface area (Å²) in [4.78, 5) is 0. The third-order valence-corrected chi connectivity index (χ3v) is 6.18. The van der Waals surface area contributed by atoms with Crippen molar-refractivity contribution in [3.63, 3.8) is 0 Å². The van der Waals surface area contributed by atoms with Gasteiger partial charge in [-0.1, -0.05) is 0 Å². The van der Waals surface area contributed by atoms with E-state index in [2.05, 4.69) is 4.74 Å². The molecule has 4 saturated carbocycles. The van der Waals surface area contributed by atoms with Gasteiger partial charge < -0.3 is 9.84 Å². The van der Waals surface area contributed by atoms with Crippen molar-refractivity contribution in [3.05, 3.63) is 0 Å². The van der Waals surface area contributed by atoms with E-state index in [0.717, 1.165) is 0 Å². The van der Waals surface area contributed by atoms with E-state index in [1.807, 2.05) is 0 Å². The molecule has 2 nitrogen and oxygen atoms in total. The maximum Gasteiger partial charge on any atom is 0.397 e. The number of hydrogen-bond acceptors (Lipinski definition) is 2. The molecule has 194 valence electrons. The number of ether oxygens (including phenoxy) is 1. The number of halogens is 17. The first kappa shape index (κ1) is 26.3. The molecule has 4 fully saturated rings. The van der Waals surface area contributed by atoms with Crippen LogP contribution >= 0.6 is 0 Å². The largest absolute Gasteiger partial charge is 0.397 e. The second-order valence-electron chi connectivity index (χ2n) is 7.84. The lowest BCUT2D eigenvalue weighted by Gasteiger charge is -2.75. The lowest BCUT2D eigenvalue weighted by atomic mass is 9.37. The van der Waals surface area contributed by atoms with E-state index in [4.69, 9.17) is 5.11 Å². The van der Waals surface area contributed by atoms with E-state index in [9.17, 15) is 61.5 Å². The average Bonchev–Trinajstić information content (AvgIpc) is 2.64. The summed E-state index contributed by atoms with van der Waals surface area (Å²) in [6.45, 7) is -1.88. The fourth-order valence-corrected chi connectivity index (χ4v) is 4.59. The van der Waals surface area contributed by atoms with Crippen LogP contribution in [0.5, 0.6) is 0 Å². The summed E-state index contributed by atoms with van der Waals surface area (Å²) in [5.41, 5.74) is -40.6. The van der Waals surface area contributed by atoms with Crippen molar-refractivity contribution in [2.45, 2.75) is 77.1 Å². The fraction of sp³-hybridized carbons (Fsp3) is 1.00. The third kappa shape index (κ3) is 1.71. The van der Waals surface area contributed by atoms with E-state index < -0.39 is 76.8 Å². The highest BCUT2D eigenvalue weighted by atomic mass is 19.3. The van der Waals surface area contributed by atoms with Gasteiger partial charge in [0.05, 0.1) is 12.7 Å². The Balaban J connectivity index is 2.63. The summed E-state index contributed by atoms with van der Waals surface area (Å²) in [7, 11) is 0. The summed E-state index contributed by atoms with van der Waals surface area (Å²) < 4.78 is 249. The minimum atomic E-state index is -8.22. The Morgan fingerprint density at radius 1 is 0.576 bits per heavy atom. The Morgan fingerprint density at radius 2 is 0.818 bits per heavy atom. The average molecular weight is 530 g/mol. The second kappa shape index (κ2) is 5.59. The van der Waals surface area contributed by atoms with Crippen LogP contribution in [-0.4, -0.2) is 81.9 Å². The maximum absolute atomic E-state index is 15.2. The van der Waals surface area contributed by atoms with E-state index >= 15 is 13.2 Å². The first-order chi connectivity index (χ1) is 14.2. The second-order valence-corrected chi connectivity index (χ2v) is 7.84. The van der Waals surface area contributed by atoms with Crippen molar-refractivity contribution in [1.29, 1.82) is 0 Å². The minimum absolute atomic E-state index is 0.383. The number of alkyl halides is 17. The van der Waals surface area contributed by atoms with Crippen LogP contribution in [0, 0.1) is 0 Å². The van der Waals surface area contributed by atoms with E-state index in [-0.39, 0.29) is 0 Å². The molecule has 19 heteroatoms. The number of aliphatic hydroxyl groups is 1. The van der Waals surface area contributed by atoms with Crippen LogP contribution < -0.4 is 0 Å². The Kier molecular flexibility index (Phi) is 4.46. The molecule has 0 aromatic rings. The van der Waals surface area contributed by atoms with Gasteiger partial charge in [-0.15, -0.1) is 0 Å². The van der Waals surface area contributed by atoms with Crippen molar-refractivity contribution in [2.24, 2.45) is 0 Å². The predicted molar refractivity (Wildman–Crippen MR) is 66.5 cm³/mol. The Labute approximate surface area is 169 Å². The molecule has 4 rings (SSSR count). The van der Waals surface area contributed by atoms with Crippen molar-refractivity contribution in [2.75, 3.05) is 6.61 Å². The molecule has 1 unspecified atom stereocenters. The van der Waals surface area contributed by atoms with Gasteiger partial charge in [-0.3, -0.25) is 0 Å². The van der Waals surface area contributed by atoms with Gasteiger partial charge in [0.2, 0.25) is 0 Å². The summed E-state index contributed by atoms with van der Waals surface area (Å²) in [6, 6.07) is 0. The monoisotopic (exact) mass is 530 g/mol. The van der Waals surface area contributed by atoms with Crippen molar-refractivity contribution in [3.8, 4) is 0 Å². The highest BCUT2D eigenvalue weighted by molar-refractivity contribution is 5.56. The van der Waals surface area contributed by atoms with Gasteiger partial charge in [-0.25, -0.2) is 22.0 Å². The van der Waals surface area contributed by atoms with Gasteiger partial charge in [0, 0.05) is 0 Å². The zero-order chi connectivity index (χ0) is 26.5. The van der Waals surface area contributed by atoms with E-state index in [0.29, 0.717) is 6.92 Å². The molecule has 0 aliphatic heterocycles. The molecular formula is C14H7F17O2. The third-order valence-electron chi connectivity index (χ3n) is 6.18. The molecule has 0 amide bonds. The smallest absolute Gasteiger partial charge is 0.391 e. The molecular weight excluding hydrogens is 523 g/mol. The van der Waals surface area contributed by atoms with E-state index in [1.165, 1.54) is 0 Å². The molecule has 33 heavy (non-hydrogen) atoms. The number of rotatable bonds is 4. The van der Waals surface area contributed by atoms with Gasteiger partial charge in [0.25, 0.3) is 17.0 Å². The zero-order valence-electron chi connectivity index (χ0n) is 15.1. The van der Waals surface area contributed by atoms with Gasteiger partial charge in [-0.05, 0) is 6.92 Å². The zero-order valence-corrected chi connectivity index (χ0v) is 15.1. The molecule has 0 aromatic heterocycles. The summed E-state index contributed by atoms with van der Waals surface area (Å²) >= 11 is 0. The fourth-order valence-electron chi connectivity index (χ4n) is 4.59. The van der Waals surface area contributed by atoms with Gasteiger partial charge in [0.15, 0.2) is 0 Å². The normalized spacial score (nSPS) is 49.2. The standard InChI is InChI=1S/C14H7F17O2/c1-3(32)2-33-14(30,31)4(15)5(16)9(20,21)7(18)11(24,25)6(4,17)12(26,27)8(19,10(5,22)23)13(7,28)29/h3,32H,2H2,1H3. The Bertz CT molecular complexity index is 793. The molecule has 0 heterocycles. The molecule has 0 spiro atoms. The molecule has 4 bridgehead atoms. The lowest BCUT2D eigenvalue weighted by molar-refractivity contribution is -0.614. The highest BCUT2D eigenvalue weighted by Gasteiger charge is 3.24. The van der Waals surface area contributed by atoms with Crippen LogP contribution in [0.15, 0.2) is 0 Å².